The summed E-state index contributed by atoms with van der Waals surface area (Å²) in [5.74, 6) is 0. The Morgan fingerprint density at radius 1 is 1.24 bits per heavy atom. The second-order valence-corrected chi connectivity index (χ2v) is 6.38. The van der Waals surface area contributed by atoms with Crippen molar-refractivity contribution in [1.82, 2.24) is 0 Å². The molecule has 0 amide bonds. The molecule has 17 heavy (non-hydrogen) atoms. The third-order valence-electron chi connectivity index (χ3n) is 2.89. The SMILES string of the molecule is C/C(=N\O)c1cc2cc(C(C)(C)C)ccc2s1. The van der Waals surface area contributed by atoms with Gasteiger partial charge in [-0.05, 0) is 41.5 Å². The van der Waals surface area contributed by atoms with Crippen molar-refractivity contribution in [3.8, 4) is 0 Å². The van der Waals surface area contributed by atoms with Crippen LogP contribution in [0.2, 0.25) is 0 Å². The van der Waals surface area contributed by atoms with Gasteiger partial charge in [0.1, 0.15) is 0 Å². The Balaban J connectivity index is 2.56. The van der Waals surface area contributed by atoms with E-state index in [1.165, 1.54) is 15.6 Å². The van der Waals surface area contributed by atoms with Gasteiger partial charge < -0.3 is 5.21 Å². The molecular formula is C14H17NOS. The van der Waals surface area contributed by atoms with E-state index in [9.17, 15) is 0 Å². The van der Waals surface area contributed by atoms with Gasteiger partial charge in [0, 0.05) is 4.70 Å². The maximum Gasteiger partial charge on any atom is 0.0936 e. The zero-order valence-corrected chi connectivity index (χ0v) is 11.4. The van der Waals surface area contributed by atoms with Gasteiger partial charge in [0.2, 0.25) is 0 Å². The molecule has 3 heteroatoms. The Hall–Kier alpha value is -1.35. The van der Waals surface area contributed by atoms with E-state index in [1.807, 2.05) is 6.92 Å². The lowest BCUT2D eigenvalue weighted by molar-refractivity contribution is 0.319. The third-order valence-corrected chi connectivity index (χ3v) is 4.11. The minimum absolute atomic E-state index is 0.163. The minimum atomic E-state index is 0.163. The van der Waals surface area contributed by atoms with E-state index in [2.05, 4.69) is 50.2 Å². The Bertz CT molecular complexity index is 575. The number of hydrogen-bond donors (Lipinski definition) is 1. The van der Waals surface area contributed by atoms with Gasteiger partial charge in [0.25, 0.3) is 0 Å². The monoisotopic (exact) mass is 247 g/mol. The van der Waals surface area contributed by atoms with Crippen LogP contribution in [0.5, 0.6) is 0 Å². The van der Waals surface area contributed by atoms with Crippen LogP contribution in [-0.2, 0) is 5.41 Å². The highest BCUT2D eigenvalue weighted by Gasteiger charge is 2.14. The summed E-state index contributed by atoms with van der Waals surface area (Å²) in [6.45, 7) is 8.45. The molecule has 0 saturated heterocycles. The molecule has 0 bridgehead atoms. The zero-order valence-electron chi connectivity index (χ0n) is 10.6. The van der Waals surface area contributed by atoms with Gasteiger partial charge in [-0.1, -0.05) is 32.0 Å². The second-order valence-electron chi connectivity index (χ2n) is 5.30. The van der Waals surface area contributed by atoms with Gasteiger partial charge in [-0.15, -0.1) is 11.3 Å². The van der Waals surface area contributed by atoms with Crippen LogP contribution in [0.4, 0.5) is 0 Å². The van der Waals surface area contributed by atoms with Crippen molar-refractivity contribution in [2.75, 3.05) is 0 Å². The summed E-state index contributed by atoms with van der Waals surface area (Å²) < 4.78 is 1.23. The summed E-state index contributed by atoms with van der Waals surface area (Å²) in [6.07, 6.45) is 0. The molecule has 1 aromatic heterocycles. The Labute approximate surface area is 106 Å². The van der Waals surface area contributed by atoms with Crippen LogP contribution in [0.3, 0.4) is 0 Å². The smallest absolute Gasteiger partial charge is 0.0936 e. The number of benzene rings is 1. The normalized spacial score (nSPS) is 13.3. The predicted octanol–water partition coefficient (Wildman–Crippen LogP) is 4.40. The molecular weight excluding hydrogens is 230 g/mol. The first-order valence-corrected chi connectivity index (χ1v) is 6.46. The lowest BCUT2D eigenvalue weighted by Gasteiger charge is -2.18. The summed E-state index contributed by atoms with van der Waals surface area (Å²) in [7, 11) is 0. The molecule has 2 rings (SSSR count). The Kier molecular flexibility index (Phi) is 2.96. The molecule has 1 heterocycles. The van der Waals surface area contributed by atoms with Gasteiger partial charge in [-0.25, -0.2) is 0 Å². The van der Waals surface area contributed by atoms with E-state index in [1.54, 1.807) is 11.3 Å². The quantitative estimate of drug-likeness (QED) is 0.452. The molecule has 0 radical (unpaired) electrons. The van der Waals surface area contributed by atoms with Crippen LogP contribution >= 0.6 is 11.3 Å². The first-order chi connectivity index (χ1) is 7.91. The summed E-state index contributed by atoms with van der Waals surface area (Å²) in [5, 5.41) is 13.3. The number of rotatable bonds is 1. The summed E-state index contributed by atoms with van der Waals surface area (Å²) in [5.41, 5.74) is 2.16. The van der Waals surface area contributed by atoms with Gasteiger partial charge in [0.15, 0.2) is 0 Å². The first-order valence-electron chi connectivity index (χ1n) is 5.65. The van der Waals surface area contributed by atoms with E-state index in [-0.39, 0.29) is 5.41 Å². The topological polar surface area (TPSA) is 32.6 Å². The van der Waals surface area contributed by atoms with E-state index < -0.39 is 0 Å². The first kappa shape index (κ1) is 12.1. The fourth-order valence-corrected chi connectivity index (χ4v) is 2.72. The highest BCUT2D eigenvalue weighted by Crippen LogP contribution is 2.31. The van der Waals surface area contributed by atoms with E-state index >= 15 is 0 Å². The van der Waals surface area contributed by atoms with Crippen molar-refractivity contribution in [3.63, 3.8) is 0 Å². The Morgan fingerprint density at radius 3 is 2.53 bits per heavy atom. The number of thiophene rings is 1. The van der Waals surface area contributed by atoms with Crippen molar-refractivity contribution in [2.24, 2.45) is 5.16 Å². The standard InChI is InChI=1S/C14H17NOS/c1-9(15-16)13-8-10-7-11(14(2,3)4)5-6-12(10)17-13/h5-8,16H,1-4H3/b15-9+. The maximum atomic E-state index is 8.79. The van der Waals surface area contributed by atoms with Gasteiger partial charge in [0.05, 0.1) is 10.6 Å². The molecule has 0 saturated carbocycles. The van der Waals surface area contributed by atoms with Crippen LogP contribution < -0.4 is 0 Å². The Morgan fingerprint density at radius 2 is 1.94 bits per heavy atom. The van der Waals surface area contributed by atoms with E-state index in [0.29, 0.717) is 5.71 Å². The molecule has 0 unspecified atom stereocenters. The highest BCUT2D eigenvalue weighted by atomic mass is 32.1. The second kappa shape index (κ2) is 4.15. The molecule has 1 N–H and O–H groups in total. The van der Waals surface area contributed by atoms with Crippen LogP contribution in [0.1, 0.15) is 38.1 Å². The molecule has 0 aliphatic heterocycles. The van der Waals surface area contributed by atoms with Crippen molar-refractivity contribution in [1.29, 1.82) is 0 Å². The number of oxime groups is 1. The lowest BCUT2D eigenvalue weighted by Crippen LogP contribution is -2.10. The summed E-state index contributed by atoms with van der Waals surface area (Å²) >= 11 is 1.66. The maximum absolute atomic E-state index is 8.79. The van der Waals surface area contributed by atoms with E-state index in [0.717, 1.165) is 4.88 Å². The van der Waals surface area contributed by atoms with Gasteiger partial charge >= 0.3 is 0 Å². The number of nitrogens with zero attached hydrogens (tertiary/aromatic N) is 1. The average Bonchev–Trinajstić information content (AvgIpc) is 2.69. The van der Waals surface area contributed by atoms with Crippen molar-refractivity contribution in [2.45, 2.75) is 33.1 Å². The van der Waals surface area contributed by atoms with Crippen molar-refractivity contribution >= 4 is 27.1 Å². The van der Waals surface area contributed by atoms with Crippen molar-refractivity contribution in [3.05, 3.63) is 34.7 Å². The van der Waals surface area contributed by atoms with E-state index in [4.69, 9.17) is 5.21 Å². The van der Waals surface area contributed by atoms with Crippen LogP contribution in [0.25, 0.3) is 10.1 Å². The zero-order chi connectivity index (χ0) is 12.6. The van der Waals surface area contributed by atoms with Gasteiger partial charge in [-0.3, -0.25) is 0 Å². The third kappa shape index (κ3) is 2.34. The highest BCUT2D eigenvalue weighted by molar-refractivity contribution is 7.20. The van der Waals surface area contributed by atoms with Crippen molar-refractivity contribution < 1.29 is 5.21 Å². The molecule has 0 aliphatic carbocycles. The van der Waals surface area contributed by atoms with Gasteiger partial charge in [-0.2, -0.15) is 0 Å². The number of fused-ring (bicyclic) bond motifs is 1. The lowest BCUT2D eigenvalue weighted by atomic mass is 9.86. The van der Waals surface area contributed by atoms with Crippen LogP contribution in [0.15, 0.2) is 29.4 Å². The number of hydrogen-bond acceptors (Lipinski definition) is 3. The van der Waals surface area contributed by atoms with Crippen LogP contribution in [-0.4, -0.2) is 10.9 Å². The molecule has 0 spiro atoms. The molecule has 1 aromatic carbocycles. The molecule has 0 aliphatic rings. The fraction of sp³-hybridized carbons (Fsp3) is 0.357. The molecule has 0 atom stereocenters. The van der Waals surface area contributed by atoms with Crippen LogP contribution in [0, 0.1) is 0 Å². The molecule has 90 valence electrons. The summed E-state index contributed by atoms with van der Waals surface area (Å²) in [4.78, 5) is 1.02. The minimum Gasteiger partial charge on any atom is -0.411 e. The predicted molar refractivity (Wildman–Crippen MR) is 74.5 cm³/mol. The molecule has 0 fully saturated rings. The largest absolute Gasteiger partial charge is 0.411 e. The summed E-state index contributed by atoms with van der Waals surface area (Å²) in [6, 6.07) is 8.63. The average molecular weight is 247 g/mol. The molecule has 2 nitrogen and oxygen atoms in total. The molecule has 2 aromatic rings. The fourth-order valence-electron chi connectivity index (χ4n) is 1.74.